The fraction of sp³-hybridized carbons (Fsp3) is 0.462. The molecule has 0 saturated carbocycles. The zero-order valence-corrected chi connectivity index (χ0v) is 10.3. The first-order valence-electron chi connectivity index (χ1n) is 5.81. The molecule has 0 N–H and O–H groups in total. The molecule has 1 unspecified atom stereocenters. The summed E-state index contributed by atoms with van der Waals surface area (Å²) in [5.41, 5.74) is 0.391. The molecule has 1 aliphatic rings. The van der Waals surface area contributed by atoms with Crippen LogP contribution in [0.3, 0.4) is 0 Å². The number of benzene rings is 1. The van der Waals surface area contributed by atoms with E-state index in [1.807, 2.05) is 4.90 Å². The van der Waals surface area contributed by atoms with Crippen LogP contribution in [0.15, 0.2) is 18.2 Å². The van der Waals surface area contributed by atoms with Gasteiger partial charge in [0.05, 0.1) is 6.07 Å². The number of nitriles is 1. The van der Waals surface area contributed by atoms with Gasteiger partial charge in [-0.25, -0.2) is 4.39 Å². The van der Waals surface area contributed by atoms with E-state index in [2.05, 4.69) is 6.07 Å². The molecule has 1 aliphatic heterocycles. The van der Waals surface area contributed by atoms with E-state index in [0.29, 0.717) is 10.6 Å². The summed E-state index contributed by atoms with van der Waals surface area (Å²) in [6, 6.07) is 6.05. The van der Waals surface area contributed by atoms with Crippen molar-refractivity contribution in [1.29, 1.82) is 5.26 Å². The number of halogens is 2. The Morgan fingerprint density at radius 3 is 2.65 bits per heavy atom. The standard InChI is InChI=1S/C13H14ClFN2/c14-10-4-5-12(15)11(8-10)13(9-16)17-6-2-1-3-7-17/h4-5,8,13H,1-3,6-7H2. The second-order valence-electron chi connectivity index (χ2n) is 4.29. The summed E-state index contributed by atoms with van der Waals surface area (Å²) in [7, 11) is 0. The van der Waals surface area contributed by atoms with E-state index in [1.54, 1.807) is 6.07 Å². The number of likely N-dealkylation sites (tertiary alicyclic amines) is 1. The van der Waals surface area contributed by atoms with Crippen molar-refractivity contribution in [3.63, 3.8) is 0 Å². The molecule has 1 heterocycles. The van der Waals surface area contributed by atoms with Gasteiger partial charge in [0, 0.05) is 10.6 Å². The second-order valence-corrected chi connectivity index (χ2v) is 4.73. The summed E-state index contributed by atoms with van der Waals surface area (Å²) in [6.07, 6.45) is 3.33. The minimum absolute atomic E-state index is 0.355. The van der Waals surface area contributed by atoms with Gasteiger partial charge >= 0.3 is 0 Å². The molecule has 1 atom stereocenters. The highest BCUT2D eigenvalue weighted by molar-refractivity contribution is 6.30. The average molecular weight is 253 g/mol. The zero-order valence-electron chi connectivity index (χ0n) is 9.50. The van der Waals surface area contributed by atoms with E-state index < -0.39 is 6.04 Å². The highest BCUT2D eigenvalue weighted by atomic mass is 35.5. The second kappa shape index (κ2) is 5.48. The predicted octanol–water partition coefficient (Wildman–Crippen LogP) is 3.53. The van der Waals surface area contributed by atoms with Crippen LogP contribution in [0.4, 0.5) is 4.39 Å². The molecular weight excluding hydrogens is 239 g/mol. The van der Waals surface area contributed by atoms with Crippen LogP contribution in [0.1, 0.15) is 30.9 Å². The summed E-state index contributed by atoms with van der Waals surface area (Å²) < 4.78 is 13.7. The molecule has 90 valence electrons. The maximum atomic E-state index is 13.7. The number of hydrogen-bond donors (Lipinski definition) is 0. The van der Waals surface area contributed by atoms with Crippen LogP contribution >= 0.6 is 11.6 Å². The smallest absolute Gasteiger partial charge is 0.129 e. The third-order valence-corrected chi connectivity index (χ3v) is 3.37. The molecule has 1 fully saturated rings. The summed E-state index contributed by atoms with van der Waals surface area (Å²) >= 11 is 5.86. The molecular formula is C13H14ClFN2. The number of rotatable bonds is 2. The topological polar surface area (TPSA) is 27.0 Å². The molecule has 1 aromatic rings. The Balaban J connectivity index is 2.28. The number of piperidine rings is 1. The van der Waals surface area contributed by atoms with Crippen molar-refractivity contribution in [3.8, 4) is 6.07 Å². The lowest BCUT2D eigenvalue weighted by Gasteiger charge is -2.30. The Morgan fingerprint density at radius 1 is 1.29 bits per heavy atom. The molecule has 2 rings (SSSR count). The van der Waals surface area contributed by atoms with Gasteiger partial charge in [-0.2, -0.15) is 5.26 Å². The molecule has 0 bridgehead atoms. The summed E-state index contributed by atoms with van der Waals surface area (Å²) in [5.74, 6) is -0.355. The fourth-order valence-electron chi connectivity index (χ4n) is 2.25. The van der Waals surface area contributed by atoms with Crippen molar-refractivity contribution in [2.24, 2.45) is 0 Å². The Morgan fingerprint density at radius 2 is 2.00 bits per heavy atom. The van der Waals surface area contributed by atoms with Crippen LogP contribution < -0.4 is 0 Å². The molecule has 4 heteroatoms. The number of nitrogens with zero attached hydrogens (tertiary/aromatic N) is 2. The minimum atomic E-state index is -0.519. The van der Waals surface area contributed by atoms with Crippen molar-refractivity contribution in [3.05, 3.63) is 34.6 Å². The Bertz CT molecular complexity index is 436. The van der Waals surface area contributed by atoms with E-state index in [0.717, 1.165) is 25.9 Å². The van der Waals surface area contributed by atoms with Gasteiger partial charge in [0.2, 0.25) is 0 Å². The van der Waals surface area contributed by atoms with E-state index in [9.17, 15) is 9.65 Å². The lowest BCUT2D eigenvalue weighted by Crippen LogP contribution is -2.33. The van der Waals surface area contributed by atoms with Crippen LogP contribution in [0, 0.1) is 17.1 Å². The average Bonchev–Trinajstić information content (AvgIpc) is 2.36. The van der Waals surface area contributed by atoms with Crippen molar-refractivity contribution >= 4 is 11.6 Å². The Hall–Kier alpha value is -1.11. The van der Waals surface area contributed by atoms with Crippen LogP contribution in [0.5, 0.6) is 0 Å². The monoisotopic (exact) mass is 252 g/mol. The normalized spacial score (nSPS) is 18.6. The first kappa shape index (κ1) is 12.3. The van der Waals surface area contributed by atoms with Crippen molar-refractivity contribution in [2.75, 3.05) is 13.1 Å². The quantitative estimate of drug-likeness (QED) is 0.805. The van der Waals surface area contributed by atoms with Gasteiger partial charge < -0.3 is 0 Å². The lowest BCUT2D eigenvalue weighted by atomic mass is 10.0. The Labute approximate surface area is 106 Å². The van der Waals surface area contributed by atoms with Crippen molar-refractivity contribution in [1.82, 2.24) is 4.90 Å². The van der Waals surface area contributed by atoms with Crippen molar-refractivity contribution < 1.29 is 4.39 Å². The van der Waals surface area contributed by atoms with Crippen molar-refractivity contribution in [2.45, 2.75) is 25.3 Å². The molecule has 0 aromatic heterocycles. The van der Waals surface area contributed by atoms with Crippen LogP contribution in [-0.4, -0.2) is 18.0 Å². The van der Waals surface area contributed by atoms with E-state index in [-0.39, 0.29) is 5.82 Å². The third-order valence-electron chi connectivity index (χ3n) is 3.13. The first-order chi connectivity index (χ1) is 8.22. The van der Waals surface area contributed by atoms with E-state index in [4.69, 9.17) is 11.6 Å². The molecule has 0 spiro atoms. The predicted molar refractivity (Wildman–Crippen MR) is 65.2 cm³/mol. The first-order valence-corrected chi connectivity index (χ1v) is 6.19. The van der Waals surface area contributed by atoms with Gasteiger partial charge in [0.25, 0.3) is 0 Å². The van der Waals surface area contributed by atoms with Crippen LogP contribution in [0.2, 0.25) is 5.02 Å². The fourth-order valence-corrected chi connectivity index (χ4v) is 2.43. The molecule has 1 aromatic carbocycles. The van der Waals surface area contributed by atoms with Gasteiger partial charge in [-0.3, -0.25) is 4.90 Å². The van der Waals surface area contributed by atoms with Crippen LogP contribution in [0.25, 0.3) is 0 Å². The molecule has 0 radical (unpaired) electrons. The molecule has 1 saturated heterocycles. The van der Waals surface area contributed by atoms with Gasteiger partial charge in [-0.15, -0.1) is 0 Å². The van der Waals surface area contributed by atoms with Gasteiger partial charge in [-0.1, -0.05) is 18.0 Å². The Kier molecular flexibility index (Phi) is 3.98. The highest BCUT2D eigenvalue weighted by Gasteiger charge is 2.24. The zero-order chi connectivity index (χ0) is 12.3. The number of hydrogen-bond acceptors (Lipinski definition) is 2. The van der Waals surface area contributed by atoms with Crippen LogP contribution in [-0.2, 0) is 0 Å². The van der Waals surface area contributed by atoms with Gasteiger partial charge in [0.15, 0.2) is 0 Å². The summed E-state index contributed by atoms with van der Waals surface area (Å²) in [5, 5.41) is 9.72. The maximum absolute atomic E-state index is 13.7. The third kappa shape index (κ3) is 2.77. The maximum Gasteiger partial charge on any atom is 0.129 e. The largest absolute Gasteiger partial charge is 0.284 e. The van der Waals surface area contributed by atoms with Gasteiger partial charge in [0.1, 0.15) is 11.9 Å². The highest BCUT2D eigenvalue weighted by Crippen LogP contribution is 2.27. The van der Waals surface area contributed by atoms with E-state index >= 15 is 0 Å². The lowest BCUT2D eigenvalue weighted by molar-refractivity contribution is 0.193. The molecule has 17 heavy (non-hydrogen) atoms. The molecule has 0 amide bonds. The van der Waals surface area contributed by atoms with Gasteiger partial charge in [-0.05, 0) is 44.1 Å². The summed E-state index contributed by atoms with van der Waals surface area (Å²) in [6.45, 7) is 1.70. The molecule has 0 aliphatic carbocycles. The van der Waals surface area contributed by atoms with E-state index in [1.165, 1.54) is 18.6 Å². The summed E-state index contributed by atoms with van der Waals surface area (Å²) in [4.78, 5) is 2.03. The minimum Gasteiger partial charge on any atom is -0.284 e. The molecule has 2 nitrogen and oxygen atoms in total. The SMILES string of the molecule is N#CC(c1cc(Cl)ccc1F)N1CCCCC1.